The summed E-state index contributed by atoms with van der Waals surface area (Å²) in [5, 5.41) is 33.0. The molecule has 25 heteroatoms. The van der Waals surface area contributed by atoms with Gasteiger partial charge in [-0.25, -0.2) is 4.79 Å². The summed E-state index contributed by atoms with van der Waals surface area (Å²) < 4.78 is 0. The molecular formula is C69H115N11O14. The smallest absolute Gasteiger partial charge is 0.335 e. The van der Waals surface area contributed by atoms with Gasteiger partial charge in [-0.1, -0.05) is 116 Å². The van der Waals surface area contributed by atoms with Gasteiger partial charge in [0.2, 0.25) is 59.1 Å². The largest absolute Gasteiger partial charge is 0.478 e. The van der Waals surface area contributed by atoms with Crippen LogP contribution in [0, 0.1) is 41.4 Å². The van der Waals surface area contributed by atoms with Gasteiger partial charge in [0.05, 0.1) is 11.7 Å². The van der Waals surface area contributed by atoms with E-state index >= 15 is 19.2 Å². The van der Waals surface area contributed by atoms with Crippen LogP contribution in [-0.2, 0) is 59.2 Å². The Balaban J connectivity index is 3.02. The Morgan fingerprint density at radius 2 is 0.957 bits per heavy atom. The number of likely N-dealkylation sites (N-methyl/N-ethyl adjacent to an activating group) is 7. The van der Waals surface area contributed by atoms with Crippen LogP contribution in [0.1, 0.15) is 172 Å². The molecular weight excluding hydrogens is 1210 g/mol. The Morgan fingerprint density at radius 3 is 1.44 bits per heavy atom. The summed E-state index contributed by atoms with van der Waals surface area (Å²) in [7, 11) is 9.63. The Kier molecular flexibility index (Phi) is 32.5. The lowest BCUT2D eigenvalue weighted by atomic mass is 9.89. The quantitative estimate of drug-likeness (QED) is 0.110. The standard InChI is InChI=1S/C69H115N11O14/c1-25-49-64(88)74(18)46(17)63(87)75(19)51(33-38(4)5)60(84)73-54(41(10)11)67(91)76(20)50(32-37(2)3)59(83)70-44(15)58(82)71-45(16)62(86)77(21)52(34-39(6)7)65(89)78(22)53(35-40(8)9)66(90)79(23)55(42(12)13)68(92)80(24)56(61(85)72-49)57(81)43(14)28-26-29-47-30-27-31-48(36-47)69(93)94/h27,30-31,36-45,49-57,81H,17,25-26,28-29,32-35H2,1-16,18-24H3,(H,70,83)(H,71,82)(H,72,85)(H,73,84)(H,93,94)/t43-,44-,45+,49+,50-,51+,52+,53+,54-,55+,56+,57-/m1/s1. The molecule has 0 spiro atoms. The highest BCUT2D eigenvalue weighted by Crippen LogP contribution is 2.27. The number of nitrogens with one attached hydrogen (secondary N) is 4. The Hall–Kier alpha value is -7.44. The first kappa shape index (κ1) is 82.7. The van der Waals surface area contributed by atoms with Crippen molar-refractivity contribution in [3.05, 3.63) is 47.7 Å². The van der Waals surface area contributed by atoms with E-state index in [9.17, 15) is 48.6 Å². The fourth-order valence-corrected chi connectivity index (χ4v) is 11.9. The van der Waals surface area contributed by atoms with Crippen LogP contribution in [0.15, 0.2) is 36.5 Å². The fourth-order valence-electron chi connectivity index (χ4n) is 11.9. The predicted octanol–water partition coefficient (Wildman–Crippen LogP) is 4.54. The zero-order valence-corrected chi connectivity index (χ0v) is 60.5. The maximum atomic E-state index is 15.4. The first-order valence-electron chi connectivity index (χ1n) is 33.3. The lowest BCUT2D eigenvalue weighted by Crippen LogP contribution is -2.63. The molecule has 2 rings (SSSR count). The highest BCUT2D eigenvalue weighted by molar-refractivity contribution is 6.02. The fraction of sp³-hybridized carbons (Fsp3) is 0.710. The molecule has 0 bridgehead atoms. The van der Waals surface area contributed by atoms with Gasteiger partial charge in [-0.2, -0.15) is 0 Å². The number of carboxylic acid groups (broad SMARTS) is 1. The van der Waals surface area contributed by atoms with Crippen molar-refractivity contribution < 1.29 is 67.7 Å². The number of rotatable bonds is 18. The number of aryl methyl sites for hydroxylation is 1. The molecule has 0 radical (unpaired) electrons. The average molecular weight is 1320 g/mol. The number of aliphatic hydroxyl groups excluding tert-OH is 1. The number of benzene rings is 1. The molecule has 0 aliphatic carbocycles. The first-order valence-corrected chi connectivity index (χ1v) is 33.3. The van der Waals surface area contributed by atoms with Crippen LogP contribution in [0.25, 0.3) is 0 Å². The lowest BCUT2D eigenvalue weighted by molar-refractivity contribution is -0.157. The third kappa shape index (κ3) is 22.3. The van der Waals surface area contributed by atoms with Gasteiger partial charge in [-0.05, 0) is 124 Å². The molecule has 530 valence electrons. The SMILES string of the molecule is C=C1C(=O)N(C)[C@@H](CC(C)C)C(=O)N[C@H](C(C)C)C(=O)N(C)[C@H](CC(C)C)C(=O)N[C@H](C)C(=O)N[C@@H](C)C(=O)N(C)[C@@H](CC(C)C)C(=O)N(C)[C@@H](CC(C)C)C(=O)N(C)[C@@H](C(C)C)C(=O)N(C)[C@@H]([C@H](O)[C@H](C)CCCc2cccc(C(=O)O)c2)C(=O)N[C@@H](CC)C(=O)N1C. The summed E-state index contributed by atoms with van der Waals surface area (Å²) in [4.78, 5) is 182. The minimum atomic E-state index is -1.73. The van der Waals surface area contributed by atoms with Gasteiger partial charge in [0.15, 0.2) is 0 Å². The van der Waals surface area contributed by atoms with E-state index in [1.54, 1.807) is 59.7 Å². The molecule has 25 nitrogen and oxygen atoms in total. The minimum Gasteiger partial charge on any atom is -0.478 e. The van der Waals surface area contributed by atoms with E-state index in [0.29, 0.717) is 12.8 Å². The van der Waals surface area contributed by atoms with Crippen molar-refractivity contribution in [1.29, 1.82) is 0 Å². The molecule has 1 aliphatic rings. The number of carboxylic acids is 1. The van der Waals surface area contributed by atoms with Crippen LogP contribution in [0.4, 0.5) is 0 Å². The van der Waals surface area contributed by atoms with E-state index in [4.69, 9.17) is 0 Å². The number of carbonyl (C=O) groups excluding carboxylic acids is 11. The van der Waals surface area contributed by atoms with Crippen LogP contribution in [-0.4, -0.2) is 231 Å². The van der Waals surface area contributed by atoms with Gasteiger partial charge in [-0.15, -0.1) is 0 Å². The Labute approximate surface area is 559 Å². The summed E-state index contributed by atoms with van der Waals surface area (Å²) in [6, 6.07) is -6.58. The average Bonchev–Trinajstić information content (AvgIpc) is 1.24. The van der Waals surface area contributed by atoms with Gasteiger partial charge in [0.25, 0.3) is 5.91 Å². The number of aliphatic hydroxyl groups is 1. The van der Waals surface area contributed by atoms with Crippen molar-refractivity contribution in [3.8, 4) is 0 Å². The molecule has 1 aromatic rings. The number of hydrogen-bond donors (Lipinski definition) is 6. The Morgan fingerprint density at radius 1 is 0.511 bits per heavy atom. The van der Waals surface area contributed by atoms with Crippen molar-refractivity contribution in [1.82, 2.24) is 55.6 Å². The van der Waals surface area contributed by atoms with E-state index in [2.05, 4.69) is 27.8 Å². The number of aromatic carboxylic acids is 1. The summed E-state index contributed by atoms with van der Waals surface area (Å²) in [5.41, 5.74) is 0.422. The van der Waals surface area contributed by atoms with E-state index < -0.39 is 161 Å². The predicted molar refractivity (Wildman–Crippen MR) is 360 cm³/mol. The molecule has 1 aliphatic heterocycles. The summed E-state index contributed by atoms with van der Waals surface area (Å²) in [5.74, 6) is -11.9. The summed E-state index contributed by atoms with van der Waals surface area (Å²) >= 11 is 0. The third-order valence-corrected chi connectivity index (χ3v) is 17.8. The molecule has 11 amide bonds. The molecule has 94 heavy (non-hydrogen) atoms. The van der Waals surface area contributed by atoms with Crippen molar-refractivity contribution in [2.45, 2.75) is 229 Å². The molecule has 0 unspecified atom stereocenters. The molecule has 1 saturated heterocycles. The van der Waals surface area contributed by atoms with Crippen molar-refractivity contribution >= 4 is 70.9 Å². The molecule has 12 atom stereocenters. The summed E-state index contributed by atoms with van der Waals surface area (Å²) in [6.45, 7) is 31.7. The number of amides is 11. The van der Waals surface area contributed by atoms with Crippen LogP contribution in [0.3, 0.4) is 0 Å². The van der Waals surface area contributed by atoms with E-state index in [1.807, 2.05) is 55.4 Å². The molecule has 1 fully saturated rings. The van der Waals surface area contributed by atoms with E-state index in [-0.39, 0.29) is 67.8 Å². The van der Waals surface area contributed by atoms with Crippen molar-refractivity contribution in [2.24, 2.45) is 41.4 Å². The molecule has 6 N–H and O–H groups in total. The van der Waals surface area contributed by atoms with Crippen LogP contribution in [0.2, 0.25) is 0 Å². The number of hydrogen-bond acceptors (Lipinski definition) is 13. The molecule has 1 aromatic carbocycles. The van der Waals surface area contributed by atoms with Gasteiger partial charge in [-0.3, -0.25) is 52.7 Å². The van der Waals surface area contributed by atoms with Gasteiger partial charge in [0.1, 0.15) is 66.1 Å². The zero-order chi connectivity index (χ0) is 72.4. The second-order valence-corrected chi connectivity index (χ2v) is 28.2. The normalized spacial score (nSPS) is 25.3. The topological polar surface area (TPSA) is 316 Å². The highest BCUT2D eigenvalue weighted by atomic mass is 16.4. The van der Waals surface area contributed by atoms with Gasteiger partial charge < -0.3 is 65.8 Å². The Bertz CT molecular complexity index is 2840. The van der Waals surface area contributed by atoms with Crippen molar-refractivity contribution in [3.63, 3.8) is 0 Å². The van der Waals surface area contributed by atoms with Crippen LogP contribution >= 0.6 is 0 Å². The maximum Gasteiger partial charge on any atom is 0.335 e. The third-order valence-electron chi connectivity index (χ3n) is 17.8. The number of carbonyl (C=O) groups is 12. The molecule has 0 saturated carbocycles. The molecule has 0 aromatic heterocycles. The van der Waals surface area contributed by atoms with E-state index in [1.165, 1.54) is 88.8 Å². The van der Waals surface area contributed by atoms with Crippen LogP contribution < -0.4 is 21.3 Å². The van der Waals surface area contributed by atoms with Gasteiger partial charge in [0, 0.05) is 49.3 Å². The number of nitrogens with zero attached hydrogens (tertiary/aromatic N) is 7. The molecule has 1 heterocycles. The minimum absolute atomic E-state index is 0.0703. The maximum absolute atomic E-state index is 15.4. The second-order valence-electron chi connectivity index (χ2n) is 28.2. The lowest BCUT2D eigenvalue weighted by Gasteiger charge is -2.41. The van der Waals surface area contributed by atoms with Crippen LogP contribution in [0.5, 0.6) is 0 Å². The zero-order valence-electron chi connectivity index (χ0n) is 60.5. The first-order chi connectivity index (χ1) is 43.5. The van der Waals surface area contributed by atoms with Gasteiger partial charge >= 0.3 is 5.97 Å². The summed E-state index contributed by atoms with van der Waals surface area (Å²) in [6.07, 6.45) is -0.158. The second kappa shape index (κ2) is 37.0. The van der Waals surface area contributed by atoms with E-state index in [0.717, 1.165) is 20.3 Å². The monoisotopic (exact) mass is 1320 g/mol. The van der Waals surface area contributed by atoms with Crippen molar-refractivity contribution in [2.75, 3.05) is 49.3 Å². The highest BCUT2D eigenvalue weighted by Gasteiger charge is 2.46.